The van der Waals surface area contributed by atoms with Gasteiger partial charge in [-0.3, -0.25) is 14.4 Å². The molecule has 1 aromatic rings. The van der Waals surface area contributed by atoms with E-state index in [-0.39, 0.29) is 48.1 Å². The third-order valence-electron chi connectivity index (χ3n) is 8.87. The van der Waals surface area contributed by atoms with Crippen molar-refractivity contribution in [2.45, 2.75) is 110 Å². The molecule has 238 valence electrons. The number of ether oxygens (including phenoxy) is 2. The second-order valence-corrected chi connectivity index (χ2v) is 12.4. The molecule has 9 nitrogen and oxygen atoms in total. The third-order valence-corrected chi connectivity index (χ3v) is 8.87. The average Bonchev–Trinajstić information content (AvgIpc) is 3.46. The fourth-order valence-electron chi connectivity index (χ4n) is 6.19. The van der Waals surface area contributed by atoms with E-state index < -0.39 is 30.3 Å². The molecule has 2 N–H and O–H groups in total. The SMILES string of the molecule is CC[C@H](C)[C@@H](C(CC(=O)N1CCCC1[C@H](OC)[C@@H](C)C(=O)N[C@H](C)C(O)c1ccccc1)OC)N(C)C(=O)CC(C)C. The molecular formula is C33H55N3O6. The number of likely N-dealkylation sites (tertiary alicyclic amines) is 1. The predicted octanol–water partition coefficient (Wildman–Crippen LogP) is 4.19. The summed E-state index contributed by atoms with van der Waals surface area (Å²) in [5, 5.41) is 13.7. The van der Waals surface area contributed by atoms with Gasteiger partial charge in [-0.25, -0.2) is 0 Å². The number of aliphatic hydroxyl groups is 1. The van der Waals surface area contributed by atoms with E-state index >= 15 is 0 Å². The highest BCUT2D eigenvalue weighted by Crippen LogP contribution is 2.30. The maximum absolute atomic E-state index is 13.8. The smallest absolute Gasteiger partial charge is 0.225 e. The molecule has 0 bridgehead atoms. The van der Waals surface area contributed by atoms with Crippen molar-refractivity contribution in [3.63, 3.8) is 0 Å². The van der Waals surface area contributed by atoms with E-state index in [2.05, 4.69) is 19.2 Å². The number of carbonyl (C=O) groups is 3. The summed E-state index contributed by atoms with van der Waals surface area (Å²) in [7, 11) is 4.99. The minimum atomic E-state index is -0.845. The summed E-state index contributed by atoms with van der Waals surface area (Å²) in [4.78, 5) is 43.7. The molecule has 1 saturated heterocycles. The van der Waals surface area contributed by atoms with Crippen molar-refractivity contribution < 1.29 is 29.0 Å². The Balaban J connectivity index is 2.15. The number of methoxy groups -OCH3 is 2. The first kappa shape index (κ1) is 35.7. The van der Waals surface area contributed by atoms with Gasteiger partial charge in [0, 0.05) is 34.2 Å². The van der Waals surface area contributed by atoms with Crippen LogP contribution in [-0.4, -0.2) is 90.8 Å². The van der Waals surface area contributed by atoms with Gasteiger partial charge in [-0.05, 0) is 37.2 Å². The average molecular weight is 590 g/mol. The Bertz CT molecular complexity index is 989. The van der Waals surface area contributed by atoms with E-state index in [1.807, 2.05) is 56.1 Å². The van der Waals surface area contributed by atoms with Gasteiger partial charge in [0.15, 0.2) is 0 Å². The highest BCUT2D eigenvalue weighted by Gasteiger charge is 2.42. The fourth-order valence-corrected chi connectivity index (χ4v) is 6.19. The molecule has 42 heavy (non-hydrogen) atoms. The van der Waals surface area contributed by atoms with Gasteiger partial charge in [-0.2, -0.15) is 0 Å². The van der Waals surface area contributed by atoms with Crippen LogP contribution in [-0.2, 0) is 23.9 Å². The lowest BCUT2D eigenvalue weighted by molar-refractivity contribution is -0.146. The van der Waals surface area contributed by atoms with Gasteiger partial charge >= 0.3 is 0 Å². The lowest BCUT2D eigenvalue weighted by Gasteiger charge is -2.39. The van der Waals surface area contributed by atoms with Gasteiger partial charge in [0.05, 0.1) is 48.8 Å². The summed E-state index contributed by atoms with van der Waals surface area (Å²) >= 11 is 0. The summed E-state index contributed by atoms with van der Waals surface area (Å²) in [6.45, 7) is 12.4. The van der Waals surface area contributed by atoms with Crippen LogP contribution in [0.2, 0.25) is 0 Å². The number of benzene rings is 1. The Labute approximate surface area is 253 Å². The van der Waals surface area contributed by atoms with Crippen molar-refractivity contribution in [3.05, 3.63) is 35.9 Å². The molecule has 1 aliphatic heterocycles. The number of amides is 3. The van der Waals surface area contributed by atoms with Crippen LogP contribution in [0.5, 0.6) is 0 Å². The lowest BCUT2D eigenvalue weighted by atomic mass is 9.90. The first-order valence-electron chi connectivity index (χ1n) is 15.5. The molecular weight excluding hydrogens is 534 g/mol. The van der Waals surface area contributed by atoms with Gasteiger partial charge in [0.2, 0.25) is 17.7 Å². The topological polar surface area (TPSA) is 108 Å². The van der Waals surface area contributed by atoms with Crippen molar-refractivity contribution in [2.75, 3.05) is 27.8 Å². The van der Waals surface area contributed by atoms with Crippen LogP contribution < -0.4 is 5.32 Å². The number of likely N-dealkylation sites (N-methyl/N-ethyl adjacent to an activating group) is 1. The molecule has 0 radical (unpaired) electrons. The minimum Gasteiger partial charge on any atom is -0.386 e. The Kier molecular flexibility index (Phi) is 14.4. The maximum Gasteiger partial charge on any atom is 0.225 e. The van der Waals surface area contributed by atoms with Crippen molar-refractivity contribution in [2.24, 2.45) is 17.8 Å². The number of hydrogen-bond acceptors (Lipinski definition) is 6. The second kappa shape index (κ2) is 17.0. The monoisotopic (exact) mass is 589 g/mol. The number of hydrogen-bond donors (Lipinski definition) is 2. The van der Waals surface area contributed by atoms with Gasteiger partial charge in [0.1, 0.15) is 0 Å². The number of nitrogens with one attached hydrogen (secondary N) is 1. The molecule has 8 atom stereocenters. The minimum absolute atomic E-state index is 0.0507. The van der Waals surface area contributed by atoms with E-state index in [1.54, 1.807) is 33.0 Å². The molecule has 1 fully saturated rings. The normalized spacial score (nSPS) is 20.4. The summed E-state index contributed by atoms with van der Waals surface area (Å²) in [5.74, 6) is -0.424. The first-order valence-corrected chi connectivity index (χ1v) is 15.5. The summed E-state index contributed by atoms with van der Waals surface area (Å²) in [6.07, 6.45) is 1.15. The Morgan fingerprint density at radius 1 is 1.05 bits per heavy atom. The van der Waals surface area contributed by atoms with E-state index in [9.17, 15) is 19.5 Å². The van der Waals surface area contributed by atoms with Gasteiger partial charge in [-0.1, -0.05) is 71.4 Å². The standard InChI is InChI=1S/C33H55N3O6/c1-10-22(4)30(35(7)28(37)19-21(2)3)27(41-8)20-29(38)36-18-14-17-26(36)32(42-9)23(5)33(40)34-24(6)31(39)25-15-12-11-13-16-25/h11-13,15-16,21-24,26-27,30-32,39H,10,14,17-20H2,1-9H3,(H,34,40)/t22-,23+,24+,26?,27?,30-,31?,32+/m0/s1. The van der Waals surface area contributed by atoms with Crippen LogP contribution in [0.4, 0.5) is 0 Å². The summed E-state index contributed by atoms with van der Waals surface area (Å²) in [5.41, 5.74) is 0.730. The zero-order valence-corrected chi connectivity index (χ0v) is 27.2. The molecule has 1 aromatic carbocycles. The van der Waals surface area contributed by atoms with Crippen LogP contribution in [0, 0.1) is 17.8 Å². The number of rotatable bonds is 16. The van der Waals surface area contributed by atoms with Crippen molar-refractivity contribution >= 4 is 17.7 Å². The van der Waals surface area contributed by atoms with E-state index in [0.717, 1.165) is 24.8 Å². The number of aliphatic hydroxyl groups excluding tert-OH is 1. The molecule has 3 unspecified atom stereocenters. The van der Waals surface area contributed by atoms with Crippen molar-refractivity contribution in [3.8, 4) is 0 Å². The highest BCUT2D eigenvalue weighted by atomic mass is 16.5. The third kappa shape index (κ3) is 9.25. The Morgan fingerprint density at radius 3 is 2.24 bits per heavy atom. The lowest BCUT2D eigenvalue weighted by Crippen LogP contribution is -2.53. The van der Waals surface area contributed by atoms with E-state index in [0.29, 0.717) is 13.0 Å². The summed E-state index contributed by atoms with van der Waals surface area (Å²) < 4.78 is 11.8. The van der Waals surface area contributed by atoms with E-state index in [4.69, 9.17) is 9.47 Å². The van der Waals surface area contributed by atoms with Crippen molar-refractivity contribution in [1.29, 1.82) is 0 Å². The molecule has 2 rings (SSSR count). The van der Waals surface area contributed by atoms with Crippen molar-refractivity contribution in [1.82, 2.24) is 15.1 Å². The Hall–Kier alpha value is -2.49. The molecule has 0 aliphatic carbocycles. The van der Waals surface area contributed by atoms with Gasteiger partial charge in [-0.15, -0.1) is 0 Å². The molecule has 1 aliphatic rings. The number of nitrogens with zero attached hydrogens (tertiary/aromatic N) is 2. The molecule has 9 heteroatoms. The molecule has 1 heterocycles. The largest absolute Gasteiger partial charge is 0.386 e. The van der Waals surface area contributed by atoms with Crippen LogP contribution in [0.25, 0.3) is 0 Å². The van der Waals surface area contributed by atoms with Crippen LogP contribution in [0.15, 0.2) is 30.3 Å². The quantitative estimate of drug-likeness (QED) is 0.299. The van der Waals surface area contributed by atoms with E-state index in [1.165, 1.54) is 0 Å². The first-order chi connectivity index (χ1) is 19.9. The van der Waals surface area contributed by atoms with Gasteiger partial charge in [0.25, 0.3) is 0 Å². The zero-order valence-electron chi connectivity index (χ0n) is 27.2. The second-order valence-electron chi connectivity index (χ2n) is 12.4. The zero-order chi connectivity index (χ0) is 31.6. The van der Waals surface area contributed by atoms with Crippen LogP contribution in [0.3, 0.4) is 0 Å². The van der Waals surface area contributed by atoms with Gasteiger partial charge < -0.3 is 29.7 Å². The molecule has 0 saturated carbocycles. The maximum atomic E-state index is 13.8. The summed E-state index contributed by atoms with van der Waals surface area (Å²) in [6, 6.07) is 8.22. The highest BCUT2D eigenvalue weighted by molar-refractivity contribution is 5.81. The number of carbonyl (C=O) groups excluding carboxylic acids is 3. The molecule has 0 spiro atoms. The molecule has 0 aromatic heterocycles. The van der Waals surface area contributed by atoms with Crippen LogP contribution in [0.1, 0.15) is 85.3 Å². The molecule has 3 amide bonds. The van der Waals surface area contributed by atoms with Crippen LogP contribution >= 0.6 is 0 Å². The predicted molar refractivity (Wildman–Crippen MR) is 165 cm³/mol. The Morgan fingerprint density at radius 2 is 1.69 bits per heavy atom. The fraction of sp³-hybridized carbons (Fsp3) is 0.727.